The van der Waals surface area contributed by atoms with E-state index in [4.69, 9.17) is 9.47 Å². The molecule has 7 nitrogen and oxygen atoms in total. The highest BCUT2D eigenvalue weighted by molar-refractivity contribution is 6.03. The Morgan fingerprint density at radius 2 is 1.85 bits per heavy atom. The van der Waals surface area contributed by atoms with Gasteiger partial charge in [-0.2, -0.15) is 0 Å². The van der Waals surface area contributed by atoms with Crippen molar-refractivity contribution in [1.29, 1.82) is 0 Å². The molecule has 1 aliphatic rings. The predicted octanol–water partition coefficient (Wildman–Crippen LogP) is 3.11. The van der Waals surface area contributed by atoms with E-state index in [1.165, 1.54) is 0 Å². The molecule has 2 N–H and O–H groups in total. The van der Waals surface area contributed by atoms with Crippen LogP contribution in [0.25, 0.3) is 0 Å². The summed E-state index contributed by atoms with van der Waals surface area (Å²) in [5.74, 6) is 1.02. The monoisotopic (exact) mass is 362 g/mol. The van der Waals surface area contributed by atoms with E-state index in [1.54, 1.807) is 42.9 Å². The molecule has 3 aromatic rings. The largest absolute Gasteiger partial charge is 0.486 e. The highest BCUT2D eigenvalue weighted by atomic mass is 16.6. The number of rotatable bonds is 5. The summed E-state index contributed by atoms with van der Waals surface area (Å²) in [7, 11) is 0. The second-order valence-corrected chi connectivity index (χ2v) is 5.96. The summed E-state index contributed by atoms with van der Waals surface area (Å²) in [5.41, 5.74) is 2.86. The molecule has 0 saturated heterocycles. The standard InChI is InChI=1S/C20H18N4O3/c25-20(24-15-4-6-18-19(10-15)27-9-8-26-18)17-5-3-16(13-23-17)22-12-14-2-1-7-21-11-14/h1-7,10-11,13,22H,8-9,12H2,(H,24,25). The Kier molecular flexibility index (Phi) is 4.82. The number of nitrogens with one attached hydrogen (secondary N) is 2. The molecule has 1 aromatic carbocycles. The average molecular weight is 362 g/mol. The number of hydrogen-bond acceptors (Lipinski definition) is 6. The quantitative estimate of drug-likeness (QED) is 0.725. The number of carbonyl (C=O) groups is 1. The van der Waals surface area contributed by atoms with Crippen LogP contribution in [0.3, 0.4) is 0 Å². The molecule has 27 heavy (non-hydrogen) atoms. The van der Waals surface area contributed by atoms with Crippen molar-refractivity contribution in [2.75, 3.05) is 23.8 Å². The highest BCUT2D eigenvalue weighted by Gasteiger charge is 2.14. The van der Waals surface area contributed by atoms with Crippen molar-refractivity contribution in [3.8, 4) is 11.5 Å². The maximum absolute atomic E-state index is 12.4. The fraction of sp³-hybridized carbons (Fsp3) is 0.150. The Morgan fingerprint density at radius 1 is 1.00 bits per heavy atom. The molecule has 0 fully saturated rings. The molecule has 1 amide bonds. The number of anilines is 2. The zero-order valence-electron chi connectivity index (χ0n) is 14.5. The highest BCUT2D eigenvalue weighted by Crippen LogP contribution is 2.32. The summed E-state index contributed by atoms with van der Waals surface area (Å²) < 4.78 is 11.0. The summed E-state index contributed by atoms with van der Waals surface area (Å²) in [5, 5.41) is 6.07. The maximum atomic E-state index is 12.4. The Labute approximate surface area is 156 Å². The number of pyridine rings is 2. The van der Waals surface area contributed by atoms with Gasteiger partial charge in [0.15, 0.2) is 11.5 Å². The zero-order chi connectivity index (χ0) is 18.5. The number of benzene rings is 1. The Morgan fingerprint density at radius 3 is 2.63 bits per heavy atom. The number of amides is 1. The normalized spacial score (nSPS) is 12.3. The maximum Gasteiger partial charge on any atom is 0.274 e. The molecule has 2 aromatic heterocycles. The van der Waals surface area contributed by atoms with Gasteiger partial charge in [-0.05, 0) is 35.9 Å². The van der Waals surface area contributed by atoms with Crippen LogP contribution >= 0.6 is 0 Å². The van der Waals surface area contributed by atoms with Crippen LogP contribution < -0.4 is 20.1 Å². The van der Waals surface area contributed by atoms with Crippen LogP contribution in [0.1, 0.15) is 16.1 Å². The molecule has 0 saturated carbocycles. The lowest BCUT2D eigenvalue weighted by atomic mass is 10.2. The van der Waals surface area contributed by atoms with Gasteiger partial charge in [0.1, 0.15) is 18.9 Å². The molecule has 4 rings (SSSR count). The molecule has 3 heterocycles. The third kappa shape index (κ3) is 4.14. The van der Waals surface area contributed by atoms with Crippen LogP contribution in [0.5, 0.6) is 11.5 Å². The summed E-state index contributed by atoms with van der Waals surface area (Å²) in [4.78, 5) is 20.7. The van der Waals surface area contributed by atoms with Gasteiger partial charge in [0.2, 0.25) is 0 Å². The molecule has 0 bridgehead atoms. The van der Waals surface area contributed by atoms with Gasteiger partial charge in [0.05, 0.1) is 11.9 Å². The lowest BCUT2D eigenvalue weighted by molar-refractivity contribution is 0.102. The van der Waals surface area contributed by atoms with Crippen molar-refractivity contribution in [2.45, 2.75) is 6.54 Å². The Balaban J connectivity index is 1.37. The van der Waals surface area contributed by atoms with Crippen LogP contribution in [0.2, 0.25) is 0 Å². The van der Waals surface area contributed by atoms with E-state index in [-0.39, 0.29) is 5.91 Å². The molecule has 136 valence electrons. The Bertz CT molecular complexity index is 930. The molecule has 0 unspecified atom stereocenters. The van der Waals surface area contributed by atoms with Gasteiger partial charge in [0, 0.05) is 30.7 Å². The lowest BCUT2D eigenvalue weighted by Crippen LogP contribution is -2.17. The molecular formula is C20H18N4O3. The van der Waals surface area contributed by atoms with E-state index in [0.29, 0.717) is 42.6 Å². The third-order valence-electron chi connectivity index (χ3n) is 4.02. The Hall–Kier alpha value is -3.61. The van der Waals surface area contributed by atoms with Crippen LogP contribution in [-0.4, -0.2) is 29.1 Å². The van der Waals surface area contributed by atoms with E-state index < -0.39 is 0 Å². The minimum atomic E-state index is -0.287. The first-order chi connectivity index (χ1) is 13.3. The number of nitrogens with zero attached hydrogens (tertiary/aromatic N) is 2. The zero-order valence-corrected chi connectivity index (χ0v) is 14.5. The minimum absolute atomic E-state index is 0.287. The first-order valence-corrected chi connectivity index (χ1v) is 8.58. The van der Waals surface area contributed by atoms with Crippen LogP contribution in [0.4, 0.5) is 11.4 Å². The van der Waals surface area contributed by atoms with E-state index in [9.17, 15) is 4.79 Å². The van der Waals surface area contributed by atoms with Crippen molar-refractivity contribution < 1.29 is 14.3 Å². The van der Waals surface area contributed by atoms with Crippen molar-refractivity contribution in [3.05, 3.63) is 72.3 Å². The summed E-state index contributed by atoms with van der Waals surface area (Å²) in [6, 6.07) is 12.7. The fourth-order valence-corrected chi connectivity index (χ4v) is 2.66. The van der Waals surface area contributed by atoms with Gasteiger partial charge >= 0.3 is 0 Å². The second-order valence-electron chi connectivity index (χ2n) is 5.96. The molecule has 0 aliphatic carbocycles. The van der Waals surface area contributed by atoms with Crippen LogP contribution in [0.15, 0.2) is 61.1 Å². The van der Waals surface area contributed by atoms with Gasteiger partial charge in [-0.25, -0.2) is 4.98 Å². The molecular weight excluding hydrogens is 344 g/mol. The molecule has 0 atom stereocenters. The van der Waals surface area contributed by atoms with Crippen LogP contribution in [-0.2, 0) is 6.54 Å². The number of carbonyl (C=O) groups excluding carboxylic acids is 1. The van der Waals surface area contributed by atoms with E-state index in [0.717, 1.165) is 11.3 Å². The van der Waals surface area contributed by atoms with E-state index in [1.807, 2.05) is 18.2 Å². The van der Waals surface area contributed by atoms with Gasteiger partial charge < -0.3 is 20.1 Å². The third-order valence-corrected chi connectivity index (χ3v) is 4.02. The second kappa shape index (κ2) is 7.74. The number of aromatic nitrogens is 2. The van der Waals surface area contributed by atoms with Crippen LogP contribution in [0, 0.1) is 0 Å². The SMILES string of the molecule is O=C(Nc1ccc2c(c1)OCCO2)c1ccc(NCc2cccnc2)cn1. The first-order valence-electron chi connectivity index (χ1n) is 8.58. The fourth-order valence-electron chi connectivity index (χ4n) is 2.66. The molecule has 1 aliphatic heterocycles. The van der Waals surface area contributed by atoms with E-state index >= 15 is 0 Å². The van der Waals surface area contributed by atoms with Gasteiger partial charge in [-0.15, -0.1) is 0 Å². The lowest BCUT2D eigenvalue weighted by Gasteiger charge is -2.19. The van der Waals surface area contributed by atoms with Crippen molar-refractivity contribution in [3.63, 3.8) is 0 Å². The predicted molar refractivity (Wildman–Crippen MR) is 101 cm³/mol. The summed E-state index contributed by atoms with van der Waals surface area (Å²) in [6.45, 7) is 1.67. The number of fused-ring (bicyclic) bond motifs is 1. The van der Waals surface area contributed by atoms with Gasteiger partial charge in [-0.3, -0.25) is 9.78 Å². The molecule has 0 spiro atoms. The van der Waals surface area contributed by atoms with Crippen molar-refractivity contribution in [1.82, 2.24) is 9.97 Å². The van der Waals surface area contributed by atoms with E-state index in [2.05, 4.69) is 20.6 Å². The summed E-state index contributed by atoms with van der Waals surface area (Å²) >= 11 is 0. The first kappa shape index (κ1) is 16.8. The summed E-state index contributed by atoms with van der Waals surface area (Å²) in [6.07, 6.45) is 5.17. The number of ether oxygens (including phenoxy) is 2. The molecule has 7 heteroatoms. The average Bonchev–Trinajstić information content (AvgIpc) is 2.73. The number of hydrogen-bond donors (Lipinski definition) is 2. The minimum Gasteiger partial charge on any atom is -0.486 e. The van der Waals surface area contributed by atoms with Crippen molar-refractivity contribution >= 4 is 17.3 Å². The topological polar surface area (TPSA) is 85.4 Å². The van der Waals surface area contributed by atoms with Gasteiger partial charge in [0.25, 0.3) is 5.91 Å². The van der Waals surface area contributed by atoms with Gasteiger partial charge in [-0.1, -0.05) is 6.07 Å². The van der Waals surface area contributed by atoms with Crippen molar-refractivity contribution in [2.24, 2.45) is 0 Å². The molecule has 0 radical (unpaired) electrons. The smallest absolute Gasteiger partial charge is 0.274 e.